The van der Waals surface area contributed by atoms with Crippen molar-refractivity contribution in [3.63, 3.8) is 0 Å². The van der Waals surface area contributed by atoms with Gasteiger partial charge in [0, 0.05) is 49.1 Å². The largest absolute Gasteiger partial charge is 0.308 e. The monoisotopic (exact) mass is 945 g/mol. The van der Waals surface area contributed by atoms with Crippen LogP contribution in [0.25, 0.3) is 111 Å². The molecular formula is C67H43N7. The number of benzene rings is 9. The Bertz CT molecular complexity index is 4320. The van der Waals surface area contributed by atoms with Gasteiger partial charge < -0.3 is 9.13 Å². The van der Waals surface area contributed by atoms with E-state index in [4.69, 9.17) is 9.97 Å². The quantitative estimate of drug-likeness (QED) is 0.171. The molecule has 0 aliphatic heterocycles. The number of para-hydroxylation sites is 2. The molecule has 9 aromatic carbocycles. The summed E-state index contributed by atoms with van der Waals surface area (Å²) in [6, 6.07) is 72.1. The number of fused-ring (bicyclic) bond motifs is 12. The van der Waals surface area contributed by atoms with E-state index < -0.39 is 0 Å². The molecule has 0 N–H and O–H groups in total. The average Bonchev–Trinajstić information content (AvgIpc) is 4.11. The maximum atomic E-state index is 11.2. The van der Waals surface area contributed by atoms with Crippen molar-refractivity contribution in [2.75, 3.05) is 0 Å². The van der Waals surface area contributed by atoms with Crippen molar-refractivity contribution >= 4 is 43.6 Å². The van der Waals surface area contributed by atoms with Gasteiger partial charge in [-0.1, -0.05) is 155 Å². The van der Waals surface area contributed by atoms with Gasteiger partial charge in [-0.05, 0) is 105 Å². The second-order valence-electron chi connectivity index (χ2n) is 20.7. The molecule has 7 heteroatoms. The number of rotatable bonds is 5. The summed E-state index contributed by atoms with van der Waals surface area (Å²) in [5.41, 5.74) is 18.9. The minimum atomic E-state index is -0.219. The maximum Gasteiger partial charge on any atom is 0.160 e. The van der Waals surface area contributed by atoms with E-state index >= 15 is 0 Å². The lowest BCUT2D eigenvalue weighted by molar-refractivity contribution is 0.661. The molecule has 12 aromatic rings. The lowest BCUT2D eigenvalue weighted by Gasteiger charge is -2.22. The minimum absolute atomic E-state index is 0.219. The van der Waals surface area contributed by atoms with Crippen LogP contribution in [0.15, 0.2) is 188 Å². The molecule has 0 spiro atoms. The normalized spacial score (nSPS) is 13.6. The standard InChI is InChI=1S/C67H43N7/c1-66(2)53-22-12-8-18-44(53)48-32-50-46-20-10-14-24-59(46)73(61(50)34-55(48)66)57-28-26-40(30-42(57)36-68)63-52(38-70)64(72-65(71-63)39-16-6-5-7-17-39)41-27-29-58(43(31-41)37-69)74-60-25-15-11-21-47(60)51-33-49-45-19-9-13-23-54(45)67(3,4)56(49)35-62(51)74/h5-35H,1-4H3. The van der Waals surface area contributed by atoms with Crippen molar-refractivity contribution in [2.45, 2.75) is 38.5 Å². The highest BCUT2D eigenvalue weighted by molar-refractivity contribution is 6.13. The molecule has 2 aliphatic rings. The van der Waals surface area contributed by atoms with E-state index in [9.17, 15) is 15.8 Å². The number of hydrogen-bond acceptors (Lipinski definition) is 5. The van der Waals surface area contributed by atoms with Crippen LogP contribution in [-0.2, 0) is 10.8 Å². The number of aromatic nitrogens is 4. The smallest absolute Gasteiger partial charge is 0.160 e. The number of nitriles is 3. The second kappa shape index (κ2) is 15.6. The SMILES string of the molecule is CC1(C)c2ccccc2-c2cc3c4ccccc4n(-c4ccc(-c5nc(-c6ccccc6)nc(-c6ccc(-n7c8ccccc8c8cc9c(cc87)C(C)(C)c7ccccc7-9)c(C#N)c6)c5C#N)cc4C#N)c3cc21. The zero-order valence-corrected chi connectivity index (χ0v) is 41.0. The summed E-state index contributed by atoms with van der Waals surface area (Å²) >= 11 is 0. The van der Waals surface area contributed by atoms with Crippen LogP contribution < -0.4 is 0 Å². The Morgan fingerprint density at radius 1 is 0.365 bits per heavy atom. The minimum Gasteiger partial charge on any atom is -0.308 e. The summed E-state index contributed by atoms with van der Waals surface area (Å²) < 4.78 is 4.40. The van der Waals surface area contributed by atoms with Gasteiger partial charge in [-0.15, -0.1) is 0 Å². The molecule has 0 atom stereocenters. The second-order valence-corrected chi connectivity index (χ2v) is 20.7. The molecule has 0 radical (unpaired) electrons. The first kappa shape index (κ1) is 43.0. The van der Waals surface area contributed by atoms with Crippen LogP contribution in [0.4, 0.5) is 0 Å². The van der Waals surface area contributed by atoms with Gasteiger partial charge in [0.2, 0.25) is 0 Å². The Morgan fingerprint density at radius 2 is 0.797 bits per heavy atom. The summed E-state index contributed by atoms with van der Waals surface area (Å²) in [6.45, 7) is 9.13. The van der Waals surface area contributed by atoms with Gasteiger partial charge in [-0.2, -0.15) is 15.8 Å². The van der Waals surface area contributed by atoms with Crippen molar-refractivity contribution < 1.29 is 0 Å². The van der Waals surface area contributed by atoms with Crippen LogP contribution in [0, 0.1) is 34.0 Å². The topological polar surface area (TPSA) is 107 Å². The van der Waals surface area contributed by atoms with Crippen LogP contribution in [0.1, 0.15) is 66.6 Å². The highest BCUT2D eigenvalue weighted by atomic mass is 15.0. The van der Waals surface area contributed by atoms with Gasteiger partial charge in [0.25, 0.3) is 0 Å². The molecule has 2 aliphatic carbocycles. The van der Waals surface area contributed by atoms with E-state index in [0.717, 1.165) is 60.5 Å². The van der Waals surface area contributed by atoms with E-state index in [-0.39, 0.29) is 16.4 Å². The molecule has 3 heterocycles. The van der Waals surface area contributed by atoms with Crippen LogP contribution in [-0.4, -0.2) is 19.1 Å². The van der Waals surface area contributed by atoms with Gasteiger partial charge in [0.15, 0.2) is 5.82 Å². The van der Waals surface area contributed by atoms with Crippen molar-refractivity contribution in [3.05, 3.63) is 227 Å². The van der Waals surface area contributed by atoms with Gasteiger partial charge in [-0.25, -0.2) is 9.97 Å². The molecule has 0 saturated carbocycles. The molecule has 0 fully saturated rings. The highest BCUT2D eigenvalue weighted by Gasteiger charge is 2.38. The van der Waals surface area contributed by atoms with Crippen molar-refractivity contribution in [2.24, 2.45) is 0 Å². The average molecular weight is 946 g/mol. The van der Waals surface area contributed by atoms with Crippen LogP contribution in [0.3, 0.4) is 0 Å². The van der Waals surface area contributed by atoms with E-state index in [1.165, 1.54) is 44.5 Å². The molecule has 346 valence electrons. The van der Waals surface area contributed by atoms with Crippen LogP contribution in [0.5, 0.6) is 0 Å². The number of hydrogen-bond donors (Lipinski definition) is 0. The Labute approximate surface area is 427 Å². The third-order valence-electron chi connectivity index (χ3n) is 16.1. The Kier molecular flexibility index (Phi) is 9.04. The predicted molar refractivity (Wildman–Crippen MR) is 296 cm³/mol. The third-order valence-corrected chi connectivity index (χ3v) is 16.1. The molecule has 0 unspecified atom stereocenters. The summed E-state index contributed by atoms with van der Waals surface area (Å²) in [4.78, 5) is 10.2. The third kappa shape index (κ3) is 5.91. The van der Waals surface area contributed by atoms with Crippen molar-refractivity contribution in [1.82, 2.24) is 19.1 Å². The van der Waals surface area contributed by atoms with E-state index in [1.807, 2.05) is 78.9 Å². The molecule has 0 bridgehead atoms. The van der Waals surface area contributed by atoms with Gasteiger partial charge in [0.05, 0.1) is 56.0 Å². The van der Waals surface area contributed by atoms with Crippen molar-refractivity contribution in [1.29, 1.82) is 15.8 Å². The van der Waals surface area contributed by atoms with E-state index in [1.54, 1.807) is 0 Å². The molecule has 7 nitrogen and oxygen atoms in total. The summed E-state index contributed by atoms with van der Waals surface area (Å²) in [6.07, 6.45) is 0. The molecule has 14 rings (SSSR count). The first-order valence-electron chi connectivity index (χ1n) is 24.9. The van der Waals surface area contributed by atoms with Crippen LogP contribution in [0.2, 0.25) is 0 Å². The zero-order valence-electron chi connectivity index (χ0n) is 41.0. The van der Waals surface area contributed by atoms with E-state index in [0.29, 0.717) is 39.5 Å². The Balaban J connectivity index is 0.939. The fraction of sp³-hybridized carbons (Fsp3) is 0.0896. The predicted octanol–water partition coefficient (Wildman–Crippen LogP) is 15.9. The Hall–Kier alpha value is -9.87. The fourth-order valence-electron chi connectivity index (χ4n) is 12.5. The number of nitrogens with zero attached hydrogens (tertiary/aromatic N) is 7. The molecule has 0 amide bonds. The summed E-state index contributed by atoms with van der Waals surface area (Å²) in [5, 5.41) is 37.8. The molecule has 74 heavy (non-hydrogen) atoms. The zero-order chi connectivity index (χ0) is 50.2. The summed E-state index contributed by atoms with van der Waals surface area (Å²) in [5.74, 6) is 0.416. The molecule has 0 saturated heterocycles. The maximum absolute atomic E-state index is 11.2. The fourth-order valence-corrected chi connectivity index (χ4v) is 12.5. The highest BCUT2D eigenvalue weighted by Crippen LogP contribution is 2.53. The lowest BCUT2D eigenvalue weighted by atomic mass is 9.82. The summed E-state index contributed by atoms with van der Waals surface area (Å²) in [7, 11) is 0. The lowest BCUT2D eigenvalue weighted by Crippen LogP contribution is -2.15. The van der Waals surface area contributed by atoms with Crippen molar-refractivity contribution in [3.8, 4) is 85.7 Å². The Morgan fingerprint density at radius 3 is 1.26 bits per heavy atom. The van der Waals surface area contributed by atoms with Gasteiger partial charge in [0.1, 0.15) is 23.8 Å². The van der Waals surface area contributed by atoms with Gasteiger partial charge >= 0.3 is 0 Å². The van der Waals surface area contributed by atoms with E-state index in [2.05, 4.69) is 164 Å². The first-order chi connectivity index (χ1) is 36.1. The molecular weight excluding hydrogens is 903 g/mol. The van der Waals surface area contributed by atoms with Gasteiger partial charge in [-0.3, -0.25) is 0 Å². The van der Waals surface area contributed by atoms with Crippen LogP contribution >= 0.6 is 0 Å². The molecule has 3 aromatic heterocycles. The first-order valence-corrected chi connectivity index (χ1v) is 24.9.